The molecule has 0 spiro atoms. The van der Waals surface area contributed by atoms with E-state index in [4.69, 9.17) is 11.1 Å². The van der Waals surface area contributed by atoms with Crippen LogP contribution >= 0.6 is 11.1 Å². The van der Waals surface area contributed by atoms with Crippen molar-refractivity contribution in [3.63, 3.8) is 0 Å². The largest absolute Gasteiger partial charge is 0.166 e. The second kappa shape index (κ2) is 6.00. The van der Waals surface area contributed by atoms with E-state index in [9.17, 15) is 0 Å². The van der Waals surface area contributed by atoms with Crippen molar-refractivity contribution in [3.8, 4) is 0 Å². The molecule has 0 amide bonds. The third kappa shape index (κ3) is 4.30. The van der Waals surface area contributed by atoms with Gasteiger partial charge >= 0.3 is 0 Å². The molecule has 1 unspecified atom stereocenters. The molecule has 0 saturated carbocycles. The van der Waals surface area contributed by atoms with Crippen LogP contribution in [0.1, 0.15) is 12.5 Å². The molecule has 1 aromatic rings. The Morgan fingerprint density at radius 2 is 2.00 bits per heavy atom. The van der Waals surface area contributed by atoms with Gasteiger partial charge in [-0.2, -0.15) is 11.1 Å². The van der Waals surface area contributed by atoms with Crippen LogP contribution in [0.5, 0.6) is 0 Å². The van der Waals surface area contributed by atoms with Crippen molar-refractivity contribution in [2.24, 2.45) is 0 Å². The highest BCUT2D eigenvalue weighted by molar-refractivity contribution is 7.09. The fourth-order valence-corrected chi connectivity index (χ4v) is 2.11. The molecular weight excluding hydrogens is 196 g/mol. The Kier molecular flexibility index (Phi) is 4.87. The van der Waals surface area contributed by atoms with Gasteiger partial charge in [-0.1, -0.05) is 49.0 Å². The van der Waals surface area contributed by atoms with E-state index in [0.717, 1.165) is 12.5 Å². The molecule has 2 heteroatoms. The summed E-state index contributed by atoms with van der Waals surface area (Å²) < 4.78 is 0. The van der Waals surface area contributed by atoms with Crippen molar-refractivity contribution in [2.75, 3.05) is 0 Å². The zero-order chi connectivity index (χ0) is 9.52. The molecule has 13 heavy (non-hydrogen) atoms. The first kappa shape index (κ1) is 10.5. The number of hydrogen-bond acceptors (Lipinski definition) is 0. The number of hydrogen-bond donors (Lipinski definition) is 0. The topological polar surface area (TPSA) is 0 Å². The van der Waals surface area contributed by atoms with Crippen LogP contribution in [0, 0.1) is 0 Å². The van der Waals surface area contributed by atoms with E-state index in [2.05, 4.69) is 43.0 Å². The summed E-state index contributed by atoms with van der Waals surface area (Å²) in [5.74, 6) is 0. The van der Waals surface area contributed by atoms with Crippen molar-refractivity contribution >= 4 is 19.2 Å². The van der Waals surface area contributed by atoms with Crippen LogP contribution in [0.25, 0.3) is 0 Å². The SMILES string of the molecule is CC[SiH](Cl)C=CCc1ccccc1. The Morgan fingerprint density at radius 1 is 1.31 bits per heavy atom. The number of halogens is 1. The van der Waals surface area contributed by atoms with E-state index in [1.807, 2.05) is 6.07 Å². The molecule has 1 atom stereocenters. The lowest BCUT2D eigenvalue weighted by atomic mass is 10.2. The lowest BCUT2D eigenvalue weighted by molar-refractivity contribution is 1.27. The molecule has 0 radical (unpaired) electrons. The number of benzene rings is 1. The quantitative estimate of drug-likeness (QED) is 0.529. The van der Waals surface area contributed by atoms with Crippen LogP contribution in [0.2, 0.25) is 6.04 Å². The monoisotopic (exact) mass is 210 g/mol. The van der Waals surface area contributed by atoms with Crippen molar-refractivity contribution in [1.29, 1.82) is 0 Å². The molecule has 0 aromatic heterocycles. The highest BCUT2D eigenvalue weighted by atomic mass is 35.6. The molecule has 0 aliphatic carbocycles. The van der Waals surface area contributed by atoms with E-state index in [-0.39, 0.29) is 0 Å². The smallest absolute Gasteiger partial charge is 0.163 e. The first-order valence-electron chi connectivity index (χ1n) is 4.67. The van der Waals surface area contributed by atoms with E-state index < -0.39 is 8.11 Å². The zero-order valence-corrected chi connectivity index (χ0v) is 9.82. The highest BCUT2D eigenvalue weighted by Gasteiger charge is 1.95. The third-order valence-corrected chi connectivity index (χ3v) is 4.76. The molecule has 1 aromatic carbocycles. The van der Waals surface area contributed by atoms with E-state index in [0.29, 0.717) is 0 Å². The van der Waals surface area contributed by atoms with Crippen molar-refractivity contribution in [3.05, 3.63) is 47.7 Å². The summed E-state index contributed by atoms with van der Waals surface area (Å²) in [6, 6.07) is 11.6. The minimum Gasteiger partial charge on any atom is -0.166 e. The second-order valence-corrected chi connectivity index (χ2v) is 6.96. The first-order chi connectivity index (χ1) is 6.33. The number of rotatable bonds is 4. The molecule has 0 fully saturated rings. The number of allylic oxidation sites excluding steroid dienone is 1. The van der Waals surface area contributed by atoms with Gasteiger partial charge in [0.1, 0.15) is 0 Å². The third-order valence-electron chi connectivity index (χ3n) is 1.93. The van der Waals surface area contributed by atoms with Gasteiger partial charge < -0.3 is 0 Å². The van der Waals surface area contributed by atoms with E-state index >= 15 is 0 Å². The van der Waals surface area contributed by atoms with Crippen LogP contribution in [-0.2, 0) is 6.42 Å². The average Bonchev–Trinajstić information content (AvgIpc) is 2.19. The van der Waals surface area contributed by atoms with Gasteiger partial charge in [0.25, 0.3) is 0 Å². The van der Waals surface area contributed by atoms with Gasteiger partial charge in [-0.3, -0.25) is 0 Å². The lowest BCUT2D eigenvalue weighted by Gasteiger charge is -1.96. The van der Waals surface area contributed by atoms with Gasteiger partial charge in [-0.25, -0.2) is 0 Å². The fourth-order valence-electron chi connectivity index (χ4n) is 1.10. The molecule has 0 aliphatic rings. The summed E-state index contributed by atoms with van der Waals surface area (Å²) in [4.78, 5) is 0. The minimum atomic E-state index is -1.03. The average molecular weight is 211 g/mol. The Balaban J connectivity index is 2.39. The molecule has 1 rings (SSSR count). The van der Waals surface area contributed by atoms with Gasteiger partial charge in [0.15, 0.2) is 8.11 Å². The summed E-state index contributed by atoms with van der Waals surface area (Å²) in [6.45, 7) is 2.15. The van der Waals surface area contributed by atoms with Crippen LogP contribution in [-0.4, -0.2) is 8.11 Å². The van der Waals surface area contributed by atoms with Gasteiger partial charge in [0, 0.05) is 0 Å². The van der Waals surface area contributed by atoms with Crippen molar-refractivity contribution in [1.82, 2.24) is 0 Å². The van der Waals surface area contributed by atoms with Gasteiger partial charge in [0.05, 0.1) is 0 Å². The van der Waals surface area contributed by atoms with Crippen LogP contribution in [0.15, 0.2) is 42.1 Å². The fraction of sp³-hybridized carbons (Fsp3) is 0.273. The molecule has 70 valence electrons. The summed E-state index contributed by atoms with van der Waals surface area (Å²) in [5, 5.41) is 0. The molecule has 0 heterocycles. The minimum absolute atomic E-state index is 1.01. The zero-order valence-electron chi connectivity index (χ0n) is 7.91. The maximum Gasteiger partial charge on any atom is 0.163 e. The summed E-state index contributed by atoms with van der Waals surface area (Å²) in [5.41, 5.74) is 3.56. The molecule has 0 saturated heterocycles. The second-order valence-electron chi connectivity index (χ2n) is 3.04. The highest BCUT2D eigenvalue weighted by Crippen LogP contribution is 2.03. The van der Waals surface area contributed by atoms with Crippen molar-refractivity contribution in [2.45, 2.75) is 19.4 Å². The summed E-state index contributed by atoms with van der Waals surface area (Å²) in [6.07, 6.45) is 3.21. The van der Waals surface area contributed by atoms with Gasteiger partial charge in [-0.05, 0) is 18.0 Å². The van der Waals surface area contributed by atoms with Crippen LogP contribution in [0.4, 0.5) is 0 Å². The predicted octanol–water partition coefficient (Wildman–Crippen LogP) is 3.31. The Morgan fingerprint density at radius 3 is 2.62 bits per heavy atom. The van der Waals surface area contributed by atoms with E-state index in [1.165, 1.54) is 5.56 Å². The predicted molar refractivity (Wildman–Crippen MR) is 62.8 cm³/mol. The molecule has 0 nitrogen and oxygen atoms in total. The van der Waals surface area contributed by atoms with Gasteiger partial charge in [0.2, 0.25) is 0 Å². The maximum atomic E-state index is 6.08. The summed E-state index contributed by atoms with van der Waals surface area (Å²) in [7, 11) is -1.03. The van der Waals surface area contributed by atoms with E-state index in [1.54, 1.807) is 0 Å². The maximum absolute atomic E-state index is 6.08. The normalized spacial score (nSPS) is 13.4. The Bertz CT molecular complexity index is 256. The van der Waals surface area contributed by atoms with Crippen LogP contribution in [0.3, 0.4) is 0 Å². The standard InChI is InChI=1S/C11H15ClSi/c1-2-13(12)10-6-9-11-7-4-3-5-8-11/h3-8,10,13H,2,9H2,1H3. The lowest BCUT2D eigenvalue weighted by Crippen LogP contribution is -1.95. The molecule has 0 bridgehead atoms. The molecule has 0 N–H and O–H groups in total. The molecule has 0 aliphatic heterocycles. The molecular formula is C11H15ClSi. The summed E-state index contributed by atoms with van der Waals surface area (Å²) >= 11 is 6.08. The van der Waals surface area contributed by atoms with Gasteiger partial charge in [-0.15, -0.1) is 0 Å². The first-order valence-corrected chi connectivity index (χ1v) is 7.90. The van der Waals surface area contributed by atoms with Crippen LogP contribution < -0.4 is 0 Å². The Hall–Kier alpha value is -0.533. The van der Waals surface area contributed by atoms with Crippen molar-refractivity contribution < 1.29 is 0 Å². The Labute approximate surface area is 86.6 Å².